The third kappa shape index (κ3) is 6.08. The molecular formula is C67H44BNO. The van der Waals surface area contributed by atoms with Crippen molar-refractivity contribution in [3.05, 3.63) is 289 Å². The lowest BCUT2D eigenvalue weighted by molar-refractivity contribution is 0.486. The normalized spacial score (nSPS) is 15.3. The summed E-state index contributed by atoms with van der Waals surface area (Å²) in [4.78, 5) is 2.02. The average Bonchev–Trinajstić information content (AvgIpc) is 2.51. The van der Waals surface area contributed by atoms with Crippen molar-refractivity contribution in [3.8, 4) is 67.1 Å². The number of hydrogen-bond donors (Lipinski definition) is 0. The maximum Gasteiger partial charge on any atom is 0.256 e. The zero-order valence-corrected chi connectivity index (χ0v) is 37.6. The predicted molar refractivity (Wildman–Crippen MR) is 291 cm³/mol. The Labute approximate surface area is 423 Å². The van der Waals surface area contributed by atoms with Crippen LogP contribution in [-0.2, 0) is 5.41 Å². The molecule has 70 heavy (non-hydrogen) atoms. The molecule has 0 unspecified atom stereocenters. The lowest BCUT2D eigenvalue weighted by Crippen LogP contribution is -2.59. The molecule has 0 amide bonds. The van der Waals surface area contributed by atoms with E-state index in [1.54, 1.807) is 18.2 Å². The number of benzene rings is 11. The van der Waals surface area contributed by atoms with Gasteiger partial charge in [-0.2, -0.15) is 0 Å². The van der Waals surface area contributed by atoms with E-state index >= 15 is 0 Å². The van der Waals surface area contributed by atoms with Gasteiger partial charge in [0.2, 0.25) is 0 Å². The van der Waals surface area contributed by atoms with E-state index in [0.29, 0.717) is 22.9 Å². The SMILES string of the molecule is [2H]c1c([2H])c([2H])c(-c2cccc(-c3c([2H])c([2H])c([2H])c([2H])c3[2H])c2N2c3ccc(-c4ccccc4)cc3B3c4cc(-c5ccccc5)ccc4Oc4cc(C5(c6ccccc6)c6ccccc6-c6ccccc65)cc2c43)c([2H])c1[2H]. The summed E-state index contributed by atoms with van der Waals surface area (Å²) in [7, 11) is 0. The van der Waals surface area contributed by atoms with Gasteiger partial charge in [0.05, 0.1) is 24.8 Å². The first-order chi connectivity index (χ1) is 38.9. The molecule has 0 bridgehead atoms. The Hall–Kier alpha value is -8.92. The fourth-order valence-electron chi connectivity index (χ4n) is 11.5. The van der Waals surface area contributed by atoms with Gasteiger partial charge in [-0.1, -0.05) is 242 Å². The number of nitrogens with zero attached hydrogens (tertiary/aromatic N) is 1. The van der Waals surface area contributed by atoms with Crippen LogP contribution in [0, 0.1) is 0 Å². The molecule has 0 aromatic heterocycles. The zero-order chi connectivity index (χ0) is 54.9. The largest absolute Gasteiger partial charge is 0.458 e. The van der Waals surface area contributed by atoms with E-state index in [9.17, 15) is 5.48 Å². The number of anilines is 3. The molecule has 1 aliphatic carbocycles. The van der Waals surface area contributed by atoms with Crippen molar-refractivity contribution in [2.45, 2.75) is 5.41 Å². The number of fused-ring (bicyclic) bond motifs is 7. The van der Waals surface area contributed by atoms with Gasteiger partial charge >= 0.3 is 0 Å². The van der Waals surface area contributed by atoms with Crippen LogP contribution in [0.5, 0.6) is 11.5 Å². The van der Waals surface area contributed by atoms with Crippen molar-refractivity contribution in [2.75, 3.05) is 4.90 Å². The minimum absolute atomic E-state index is 0.122. The van der Waals surface area contributed by atoms with Crippen LogP contribution in [0.4, 0.5) is 17.1 Å². The van der Waals surface area contributed by atoms with Gasteiger partial charge in [-0.15, -0.1) is 0 Å². The highest BCUT2D eigenvalue weighted by atomic mass is 16.5. The van der Waals surface area contributed by atoms with E-state index in [-0.39, 0.29) is 27.9 Å². The van der Waals surface area contributed by atoms with Crippen LogP contribution >= 0.6 is 0 Å². The monoisotopic (exact) mass is 899 g/mol. The van der Waals surface area contributed by atoms with Gasteiger partial charge in [-0.25, -0.2) is 0 Å². The molecule has 2 aliphatic heterocycles. The highest BCUT2D eigenvalue weighted by Gasteiger charge is 2.49. The van der Waals surface area contributed by atoms with Crippen LogP contribution in [0.3, 0.4) is 0 Å². The van der Waals surface area contributed by atoms with Crippen LogP contribution in [0.1, 0.15) is 36.0 Å². The van der Waals surface area contributed by atoms with E-state index in [1.807, 2.05) is 77.7 Å². The third-order valence-corrected chi connectivity index (χ3v) is 14.4. The van der Waals surface area contributed by atoms with Gasteiger partial charge in [-0.3, -0.25) is 0 Å². The molecule has 0 N–H and O–H groups in total. The zero-order valence-electron chi connectivity index (χ0n) is 47.6. The van der Waals surface area contributed by atoms with Crippen molar-refractivity contribution in [2.24, 2.45) is 0 Å². The third-order valence-electron chi connectivity index (χ3n) is 14.4. The van der Waals surface area contributed by atoms with Gasteiger partial charge in [0, 0.05) is 22.5 Å². The molecule has 3 heteroatoms. The summed E-state index contributed by atoms with van der Waals surface area (Å²) in [5, 5.41) is 0. The molecule has 0 atom stereocenters. The van der Waals surface area contributed by atoms with Crippen molar-refractivity contribution in [1.82, 2.24) is 0 Å². The molecule has 0 saturated carbocycles. The molecule has 2 heterocycles. The van der Waals surface area contributed by atoms with E-state index < -0.39 is 72.6 Å². The Morgan fingerprint density at radius 1 is 0.371 bits per heavy atom. The molecule has 11 aromatic carbocycles. The summed E-state index contributed by atoms with van der Waals surface area (Å²) in [5.74, 6) is 1.22. The summed E-state index contributed by atoms with van der Waals surface area (Å²) in [5.41, 5.74) is 13.2. The fraction of sp³-hybridized carbons (Fsp3) is 0.0149. The summed E-state index contributed by atoms with van der Waals surface area (Å²) in [6.45, 7) is -0.496. The predicted octanol–water partition coefficient (Wildman–Crippen LogP) is 15.1. The molecule has 14 rings (SSSR count). The molecule has 11 aromatic rings. The molecule has 2 nitrogen and oxygen atoms in total. The Kier molecular flexibility index (Phi) is 7.18. The maximum absolute atomic E-state index is 9.57. The van der Waals surface area contributed by atoms with E-state index in [1.165, 1.54) is 0 Å². The highest BCUT2D eigenvalue weighted by molar-refractivity contribution is 6.99. The van der Waals surface area contributed by atoms with E-state index in [0.717, 1.165) is 72.0 Å². The molecule has 0 fully saturated rings. The van der Waals surface area contributed by atoms with Crippen LogP contribution < -0.4 is 26.0 Å². The summed E-state index contributed by atoms with van der Waals surface area (Å²) < 4.78 is 99.1. The first-order valence-electron chi connectivity index (χ1n) is 28.5. The molecule has 0 radical (unpaired) electrons. The number of rotatable bonds is 7. The minimum Gasteiger partial charge on any atom is -0.458 e. The second-order valence-corrected chi connectivity index (χ2v) is 17.9. The Morgan fingerprint density at radius 3 is 1.49 bits per heavy atom. The first-order valence-corrected chi connectivity index (χ1v) is 23.5. The van der Waals surface area contributed by atoms with Crippen LogP contribution in [0.25, 0.3) is 55.6 Å². The van der Waals surface area contributed by atoms with E-state index in [4.69, 9.17) is 13.0 Å². The number of hydrogen-bond acceptors (Lipinski definition) is 2. The summed E-state index contributed by atoms with van der Waals surface area (Å²) in [6, 6.07) is 64.4. The van der Waals surface area contributed by atoms with Gasteiger partial charge in [0.15, 0.2) is 0 Å². The van der Waals surface area contributed by atoms with Crippen LogP contribution in [0.2, 0.25) is 0 Å². The molecular weight excluding hydrogens is 846 g/mol. The highest BCUT2D eigenvalue weighted by Crippen LogP contribution is 2.58. The van der Waals surface area contributed by atoms with Crippen molar-refractivity contribution >= 4 is 40.2 Å². The molecule has 3 aliphatic rings. The van der Waals surface area contributed by atoms with Crippen molar-refractivity contribution < 1.29 is 18.4 Å². The van der Waals surface area contributed by atoms with Gasteiger partial charge < -0.3 is 9.64 Å². The Morgan fingerprint density at radius 2 is 0.886 bits per heavy atom. The van der Waals surface area contributed by atoms with Crippen molar-refractivity contribution in [3.63, 3.8) is 0 Å². The molecule has 0 spiro atoms. The minimum atomic E-state index is -0.957. The smallest absolute Gasteiger partial charge is 0.256 e. The second kappa shape index (κ2) is 16.1. The first kappa shape index (κ1) is 31.2. The fourth-order valence-corrected chi connectivity index (χ4v) is 11.5. The van der Waals surface area contributed by atoms with E-state index in [2.05, 4.69) is 115 Å². The lowest BCUT2D eigenvalue weighted by atomic mass is 9.33. The standard InChI is InChI=1S/C67H44BNO/c1-6-21-45(22-7-1)49-37-39-61-59(41-49)68-60-42-50(46-23-8-2-9-24-46)38-40-63(60)70-64-44-52(67(51-29-14-5-15-30-51)57-35-18-16-31-55(57)56-32-17-19-36-58(56)67)43-62(65(64)68)69(61)66-53(47-25-10-3-11-26-47)33-20-34-54(66)48-27-12-4-13-28-48/h1-44H/i3D,4D,10D,11D,12D,13D,25D,26D,27D,28D. The Balaban J connectivity index is 1.18. The van der Waals surface area contributed by atoms with Gasteiger partial charge in [-0.05, 0) is 107 Å². The average molecular weight is 900 g/mol. The van der Waals surface area contributed by atoms with Crippen molar-refractivity contribution in [1.29, 1.82) is 0 Å². The van der Waals surface area contributed by atoms with Crippen LogP contribution in [0.15, 0.2) is 267 Å². The molecule has 0 saturated heterocycles. The molecule has 326 valence electrons. The Bertz CT molecular complexity index is 4230. The van der Waals surface area contributed by atoms with Crippen LogP contribution in [-0.4, -0.2) is 6.71 Å². The van der Waals surface area contributed by atoms with Gasteiger partial charge in [0.1, 0.15) is 11.5 Å². The summed E-state index contributed by atoms with van der Waals surface area (Å²) >= 11 is 0. The topological polar surface area (TPSA) is 12.5 Å². The summed E-state index contributed by atoms with van der Waals surface area (Å²) in [6.07, 6.45) is 0. The number of para-hydroxylation sites is 1. The maximum atomic E-state index is 9.57. The lowest BCUT2D eigenvalue weighted by Gasteiger charge is -2.43. The second-order valence-electron chi connectivity index (χ2n) is 17.9. The number of ether oxygens (including phenoxy) is 1. The van der Waals surface area contributed by atoms with Gasteiger partial charge in [0.25, 0.3) is 6.71 Å². The quantitative estimate of drug-likeness (QED) is 0.148.